The van der Waals surface area contributed by atoms with Gasteiger partial charge in [0.2, 0.25) is 0 Å². The van der Waals surface area contributed by atoms with Crippen LogP contribution in [0.25, 0.3) is 22.5 Å². The summed E-state index contributed by atoms with van der Waals surface area (Å²) in [5.74, 6) is -1.07. The van der Waals surface area contributed by atoms with Gasteiger partial charge in [-0.2, -0.15) is 0 Å². The predicted molar refractivity (Wildman–Crippen MR) is 247 cm³/mol. The zero-order valence-corrected chi connectivity index (χ0v) is 39.5. The zero-order valence-electron chi connectivity index (χ0n) is 37.9. The lowest BCUT2D eigenvalue weighted by Gasteiger charge is -2.24. The van der Waals surface area contributed by atoms with Gasteiger partial charge in [0.05, 0.1) is 27.7 Å². The average molecular weight is 963 g/mol. The van der Waals surface area contributed by atoms with Crippen LogP contribution in [-0.2, 0) is 47.5 Å². The number of hydrogen-bond donors (Lipinski definition) is 3. The molecule has 0 bridgehead atoms. The monoisotopic (exact) mass is 962 g/mol. The van der Waals surface area contributed by atoms with Crippen molar-refractivity contribution in [3.8, 4) is 34.0 Å². The van der Waals surface area contributed by atoms with Gasteiger partial charge < -0.3 is 35.1 Å². The third-order valence-corrected chi connectivity index (χ3v) is 12.9. The highest BCUT2D eigenvalue weighted by atomic mass is 32.2. The van der Waals surface area contributed by atoms with Crippen molar-refractivity contribution in [1.82, 2.24) is 28.8 Å². The van der Waals surface area contributed by atoms with Gasteiger partial charge in [0.15, 0.2) is 13.2 Å². The Morgan fingerprint density at radius 2 is 1.03 bits per heavy atom. The van der Waals surface area contributed by atoms with E-state index < -0.39 is 43.4 Å². The van der Waals surface area contributed by atoms with Gasteiger partial charge in [-0.3, -0.25) is 9.59 Å². The number of halogens is 2. The summed E-state index contributed by atoms with van der Waals surface area (Å²) in [6.45, 7) is 5.30. The van der Waals surface area contributed by atoms with Crippen LogP contribution in [0.5, 0.6) is 11.5 Å². The summed E-state index contributed by atoms with van der Waals surface area (Å²) in [5, 5.41) is 7.82. The Morgan fingerprint density at radius 1 is 0.627 bits per heavy atom. The Morgan fingerprint density at radius 3 is 1.42 bits per heavy atom. The number of nitrogens with zero attached hydrogens (tertiary/aromatic N) is 3. The molecule has 0 unspecified atom stereocenters. The largest absolute Gasteiger partial charge is 0.484 e. The summed E-state index contributed by atoms with van der Waals surface area (Å²) in [5.41, 5.74) is 1.07. The fraction of sp³-hybridized carbons (Fsp3) is 0.255. The summed E-state index contributed by atoms with van der Waals surface area (Å²) in [7, 11) is -1.93. The molecule has 16 nitrogen and oxygen atoms in total. The van der Waals surface area contributed by atoms with Gasteiger partial charge in [-0.05, 0) is 124 Å². The SMILES string of the molecule is CNC(=O)COc1ccc(S(=O)(=O)n2cc(CN(C)C(=O)OC(C)(C)C)cc2-c2ccccc2F)cc1.CNCc1cc(-c2ccccc2F)n(S(=O)(=O)c2ccc(OCC(=O)NC)cc2)c1. The number of rotatable bonds is 16. The molecule has 0 aliphatic heterocycles. The Hall–Kier alpha value is -7.03. The van der Waals surface area contributed by atoms with Crippen LogP contribution in [0.4, 0.5) is 13.6 Å². The van der Waals surface area contributed by atoms with E-state index in [0.717, 1.165) is 7.94 Å². The van der Waals surface area contributed by atoms with Crippen molar-refractivity contribution in [3.63, 3.8) is 0 Å². The predicted octanol–water partition coefficient (Wildman–Crippen LogP) is 6.40. The highest BCUT2D eigenvalue weighted by molar-refractivity contribution is 7.90. The van der Waals surface area contributed by atoms with Crippen molar-refractivity contribution in [2.45, 2.75) is 49.3 Å². The second-order valence-corrected chi connectivity index (χ2v) is 19.4. The summed E-state index contributed by atoms with van der Waals surface area (Å²) in [6.07, 6.45) is 2.25. The van der Waals surface area contributed by atoms with E-state index >= 15 is 0 Å². The highest BCUT2D eigenvalue weighted by Gasteiger charge is 2.27. The molecule has 0 spiro atoms. The average Bonchev–Trinajstić information content (AvgIpc) is 3.93. The third-order valence-electron chi connectivity index (χ3n) is 9.55. The molecular formula is C47H52F2N6O10S2. The molecule has 3 amide bonds. The maximum atomic E-state index is 14.7. The normalized spacial score (nSPS) is 11.5. The molecule has 356 valence electrons. The molecule has 6 rings (SSSR count). The number of carbonyl (C=O) groups is 3. The molecular weight excluding hydrogens is 911 g/mol. The number of ether oxygens (including phenoxy) is 3. The van der Waals surface area contributed by atoms with E-state index in [9.17, 15) is 40.0 Å². The van der Waals surface area contributed by atoms with Crippen molar-refractivity contribution < 1.29 is 54.2 Å². The van der Waals surface area contributed by atoms with Crippen LogP contribution >= 0.6 is 0 Å². The number of hydrogen-bond acceptors (Lipinski definition) is 11. The Bertz CT molecular complexity index is 2910. The minimum Gasteiger partial charge on any atom is -0.484 e. The fourth-order valence-corrected chi connectivity index (χ4v) is 9.05. The van der Waals surface area contributed by atoms with Crippen molar-refractivity contribution in [2.75, 3.05) is 41.4 Å². The lowest BCUT2D eigenvalue weighted by atomic mass is 10.1. The minimum absolute atomic E-state index is 0.0130. The van der Waals surface area contributed by atoms with E-state index in [2.05, 4.69) is 16.0 Å². The summed E-state index contributed by atoms with van der Waals surface area (Å²) >= 11 is 0. The molecule has 4 aromatic carbocycles. The topological polar surface area (TPSA) is 196 Å². The fourth-order valence-electron chi connectivity index (χ4n) is 6.27. The first-order chi connectivity index (χ1) is 31.7. The minimum atomic E-state index is -4.17. The Labute approximate surface area is 388 Å². The molecule has 6 aromatic rings. The lowest BCUT2D eigenvalue weighted by Crippen LogP contribution is -2.33. The molecule has 0 fully saturated rings. The third kappa shape index (κ3) is 13.1. The summed E-state index contributed by atoms with van der Waals surface area (Å²) in [4.78, 5) is 36.3. The second kappa shape index (κ2) is 22.0. The van der Waals surface area contributed by atoms with Gasteiger partial charge in [0.1, 0.15) is 28.7 Å². The molecule has 0 atom stereocenters. The molecule has 67 heavy (non-hydrogen) atoms. The van der Waals surface area contributed by atoms with Gasteiger partial charge in [0, 0.05) is 51.2 Å². The van der Waals surface area contributed by atoms with Gasteiger partial charge >= 0.3 is 6.09 Å². The van der Waals surface area contributed by atoms with Crippen molar-refractivity contribution in [2.24, 2.45) is 0 Å². The molecule has 2 heterocycles. The lowest BCUT2D eigenvalue weighted by molar-refractivity contribution is -0.123. The maximum absolute atomic E-state index is 14.7. The van der Waals surface area contributed by atoms with Gasteiger partial charge in [0.25, 0.3) is 31.9 Å². The van der Waals surface area contributed by atoms with E-state index in [-0.39, 0.29) is 63.9 Å². The molecule has 0 aliphatic carbocycles. The van der Waals surface area contributed by atoms with Gasteiger partial charge in [-0.25, -0.2) is 38.4 Å². The summed E-state index contributed by atoms with van der Waals surface area (Å²) in [6, 6.07) is 26.3. The van der Waals surface area contributed by atoms with Gasteiger partial charge in [-0.1, -0.05) is 24.3 Å². The maximum Gasteiger partial charge on any atom is 0.410 e. The molecule has 2 aromatic heterocycles. The molecule has 3 N–H and O–H groups in total. The van der Waals surface area contributed by atoms with E-state index in [1.54, 1.807) is 52.1 Å². The van der Waals surface area contributed by atoms with Crippen LogP contribution in [0.2, 0.25) is 0 Å². The first-order valence-corrected chi connectivity index (χ1v) is 23.5. The zero-order chi connectivity index (χ0) is 49.1. The summed E-state index contributed by atoms with van der Waals surface area (Å²) < 4.78 is 101. The van der Waals surface area contributed by atoms with Crippen LogP contribution < -0.4 is 25.4 Å². The quantitative estimate of drug-likeness (QED) is 0.0972. The number of nitrogens with one attached hydrogen (secondary N) is 3. The standard InChI is InChI=1S/C26H30FN3O6S.C21H22FN3O4S/c1-26(2,3)36-25(32)29(5)15-18-14-23(21-8-6-7-9-22(21)27)30(16-18)37(33,34)20-12-10-19(11-13-20)35-17-24(31)28-4;1-23-12-15-11-20(18-5-3-4-6-19(18)22)25(13-15)30(27,28)17-9-7-16(8-10-17)29-14-21(26)24-2/h6-14,16H,15,17H2,1-5H3,(H,28,31);3-11,13,23H,12,14H2,1-2H3,(H,24,26). The van der Waals surface area contributed by atoms with Crippen molar-refractivity contribution in [1.29, 1.82) is 0 Å². The number of benzene rings is 4. The smallest absolute Gasteiger partial charge is 0.410 e. The number of carbonyl (C=O) groups excluding carboxylic acids is 3. The van der Waals surface area contributed by atoms with Crippen molar-refractivity contribution in [3.05, 3.63) is 144 Å². The van der Waals surface area contributed by atoms with E-state index in [0.29, 0.717) is 29.2 Å². The Balaban J connectivity index is 0.000000256. The molecule has 0 radical (unpaired) electrons. The van der Waals surface area contributed by atoms with E-state index in [1.807, 2.05) is 0 Å². The van der Waals surface area contributed by atoms with Crippen LogP contribution in [-0.4, -0.2) is 94.6 Å². The first kappa shape index (κ1) is 51.0. The van der Waals surface area contributed by atoms with E-state index in [1.165, 1.54) is 123 Å². The second-order valence-electron chi connectivity index (χ2n) is 15.8. The van der Waals surface area contributed by atoms with Crippen LogP contribution in [0.15, 0.2) is 131 Å². The number of aromatic nitrogens is 2. The van der Waals surface area contributed by atoms with Crippen LogP contribution in [0, 0.1) is 11.6 Å². The first-order valence-electron chi connectivity index (χ1n) is 20.6. The molecule has 0 saturated heterocycles. The highest BCUT2D eigenvalue weighted by Crippen LogP contribution is 2.32. The number of likely N-dealkylation sites (N-methyl/N-ethyl adjacent to an activating group) is 2. The molecule has 0 aliphatic rings. The molecule has 20 heteroatoms. The number of amides is 3. The van der Waals surface area contributed by atoms with Crippen LogP contribution in [0.1, 0.15) is 31.9 Å². The van der Waals surface area contributed by atoms with Crippen LogP contribution in [0.3, 0.4) is 0 Å². The van der Waals surface area contributed by atoms with Crippen molar-refractivity contribution >= 4 is 38.0 Å². The molecule has 0 saturated carbocycles. The van der Waals surface area contributed by atoms with E-state index in [4.69, 9.17) is 14.2 Å². The van der Waals surface area contributed by atoms with Gasteiger partial charge in [-0.15, -0.1) is 0 Å². The Kier molecular flexibility index (Phi) is 16.7.